The molecule has 0 unspecified atom stereocenters. The molecule has 0 bridgehead atoms. The van der Waals surface area contributed by atoms with Gasteiger partial charge in [0.25, 0.3) is 0 Å². The number of nitrogens with zero attached hydrogens (tertiary/aromatic N) is 2. The third kappa shape index (κ3) is 3.86. The van der Waals surface area contributed by atoms with Crippen LogP contribution in [0.15, 0.2) is 65.8 Å². The van der Waals surface area contributed by atoms with Crippen LogP contribution < -0.4 is 0 Å². The normalized spacial score (nSPS) is 10.6. The van der Waals surface area contributed by atoms with Gasteiger partial charge in [-0.2, -0.15) is 0 Å². The van der Waals surface area contributed by atoms with Gasteiger partial charge in [-0.05, 0) is 25.1 Å². The fourth-order valence-corrected chi connectivity index (χ4v) is 3.04. The van der Waals surface area contributed by atoms with Crippen molar-refractivity contribution in [3.63, 3.8) is 0 Å². The summed E-state index contributed by atoms with van der Waals surface area (Å²) in [6, 6.07) is 17.7. The van der Waals surface area contributed by atoms with Gasteiger partial charge in [-0.1, -0.05) is 54.2 Å². The zero-order valence-corrected chi connectivity index (χ0v) is 13.9. The second kappa shape index (κ2) is 7.36. The standard InChI is InChI=1S/C19H15FN2OS/c1-13-11-17(14-7-3-2-4-8-14)22-19(21-13)24-12-18(23)15-9-5-6-10-16(15)20/h2-11H,12H2,1H3. The molecule has 0 atom stereocenters. The van der Waals surface area contributed by atoms with E-state index in [1.54, 1.807) is 12.1 Å². The number of halogens is 1. The molecule has 1 heterocycles. The Bertz CT molecular complexity index is 868. The van der Waals surface area contributed by atoms with Gasteiger partial charge in [0.2, 0.25) is 0 Å². The topological polar surface area (TPSA) is 42.9 Å². The Hall–Kier alpha value is -2.53. The average molecular weight is 338 g/mol. The van der Waals surface area contributed by atoms with E-state index in [-0.39, 0.29) is 17.1 Å². The first-order valence-electron chi connectivity index (χ1n) is 7.45. The minimum Gasteiger partial charge on any atom is -0.293 e. The molecule has 0 saturated carbocycles. The predicted octanol–water partition coefficient (Wildman–Crippen LogP) is 4.57. The van der Waals surface area contributed by atoms with Crippen molar-refractivity contribution >= 4 is 17.5 Å². The lowest BCUT2D eigenvalue weighted by atomic mass is 10.1. The van der Waals surface area contributed by atoms with Crippen molar-refractivity contribution in [3.05, 3.63) is 77.7 Å². The number of Topliss-reactive ketones (excluding diaryl/α,β-unsaturated/α-hetero) is 1. The van der Waals surface area contributed by atoms with Gasteiger partial charge in [0.1, 0.15) is 5.82 Å². The average Bonchev–Trinajstić information content (AvgIpc) is 2.60. The minimum atomic E-state index is -0.502. The monoisotopic (exact) mass is 338 g/mol. The highest BCUT2D eigenvalue weighted by Crippen LogP contribution is 2.22. The van der Waals surface area contributed by atoms with E-state index in [0.717, 1.165) is 17.0 Å². The first-order valence-corrected chi connectivity index (χ1v) is 8.43. The number of carbonyl (C=O) groups excluding carboxylic acids is 1. The number of hydrogen-bond acceptors (Lipinski definition) is 4. The second-order valence-electron chi connectivity index (χ2n) is 5.23. The Kier molecular flexibility index (Phi) is 5.01. The molecule has 1 aromatic heterocycles. The van der Waals surface area contributed by atoms with Gasteiger partial charge in [-0.25, -0.2) is 14.4 Å². The molecule has 0 aliphatic heterocycles. The maximum Gasteiger partial charge on any atom is 0.188 e. The fourth-order valence-electron chi connectivity index (χ4n) is 2.26. The van der Waals surface area contributed by atoms with Crippen molar-refractivity contribution < 1.29 is 9.18 Å². The summed E-state index contributed by atoms with van der Waals surface area (Å²) in [4.78, 5) is 21.0. The molecular formula is C19H15FN2OS. The first kappa shape index (κ1) is 16.3. The van der Waals surface area contributed by atoms with Gasteiger partial charge in [-0.3, -0.25) is 4.79 Å². The summed E-state index contributed by atoms with van der Waals surface area (Å²) >= 11 is 1.22. The highest BCUT2D eigenvalue weighted by molar-refractivity contribution is 7.99. The summed E-state index contributed by atoms with van der Waals surface area (Å²) in [5, 5.41) is 0.513. The number of aryl methyl sites for hydroxylation is 1. The molecule has 0 aliphatic rings. The quantitative estimate of drug-likeness (QED) is 0.388. The Morgan fingerprint density at radius 3 is 2.50 bits per heavy atom. The minimum absolute atomic E-state index is 0.0958. The third-order valence-electron chi connectivity index (χ3n) is 3.41. The summed E-state index contributed by atoms with van der Waals surface area (Å²) < 4.78 is 13.7. The van der Waals surface area contributed by atoms with Crippen LogP contribution >= 0.6 is 11.8 Å². The lowest BCUT2D eigenvalue weighted by Crippen LogP contribution is -2.06. The van der Waals surface area contributed by atoms with Gasteiger partial charge < -0.3 is 0 Å². The van der Waals surface area contributed by atoms with E-state index in [0.29, 0.717) is 5.16 Å². The summed E-state index contributed by atoms with van der Waals surface area (Å²) in [6.07, 6.45) is 0. The number of hydrogen-bond donors (Lipinski definition) is 0. The van der Waals surface area contributed by atoms with Crippen LogP contribution in [0.5, 0.6) is 0 Å². The zero-order valence-electron chi connectivity index (χ0n) is 13.1. The van der Waals surface area contributed by atoms with E-state index >= 15 is 0 Å². The van der Waals surface area contributed by atoms with Gasteiger partial charge in [0, 0.05) is 11.3 Å². The molecule has 5 heteroatoms. The number of thioether (sulfide) groups is 1. The fraction of sp³-hybridized carbons (Fsp3) is 0.105. The molecule has 0 amide bonds. The lowest BCUT2D eigenvalue weighted by molar-refractivity contribution is 0.101. The summed E-state index contributed by atoms with van der Waals surface area (Å²) in [6.45, 7) is 1.89. The van der Waals surface area contributed by atoms with Gasteiger partial charge >= 0.3 is 0 Å². The van der Waals surface area contributed by atoms with Crippen LogP contribution in [0.25, 0.3) is 11.3 Å². The lowest BCUT2D eigenvalue weighted by Gasteiger charge is -2.06. The number of benzene rings is 2. The smallest absolute Gasteiger partial charge is 0.188 e. The molecule has 0 fully saturated rings. The Labute approximate surface area is 144 Å². The Morgan fingerprint density at radius 2 is 1.75 bits per heavy atom. The molecule has 3 aromatic rings. The van der Waals surface area contributed by atoms with Crippen LogP contribution in [-0.4, -0.2) is 21.5 Å². The first-order chi connectivity index (χ1) is 11.6. The molecule has 24 heavy (non-hydrogen) atoms. The third-order valence-corrected chi connectivity index (χ3v) is 4.26. The molecule has 3 nitrogen and oxygen atoms in total. The number of rotatable bonds is 5. The van der Waals surface area contributed by atoms with Crippen LogP contribution in [-0.2, 0) is 0 Å². The maximum atomic E-state index is 13.7. The molecule has 0 saturated heterocycles. The van der Waals surface area contributed by atoms with E-state index in [9.17, 15) is 9.18 Å². The summed E-state index contributed by atoms with van der Waals surface area (Å²) in [5.74, 6) is -0.679. The van der Waals surface area contributed by atoms with Crippen LogP contribution in [0.2, 0.25) is 0 Å². The van der Waals surface area contributed by atoms with Crippen LogP contribution in [0, 0.1) is 12.7 Å². The molecule has 0 spiro atoms. The van der Waals surface area contributed by atoms with Gasteiger partial charge in [-0.15, -0.1) is 0 Å². The summed E-state index contributed by atoms with van der Waals surface area (Å²) in [7, 11) is 0. The van der Waals surface area contributed by atoms with Crippen LogP contribution in [0.4, 0.5) is 4.39 Å². The molecular weight excluding hydrogens is 323 g/mol. The van der Waals surface area contributed by atoms with Crippen molar-refractivity contribution in [2.45, 2.75) is 12.1 Å². The van der Waals surface area contributed by atoms with Crippen LogP contribution in [0.3, 0.4) is 0 Å². The Balaban J connectivity index is 1.77. The Morgan fingerprint density at radius 1 is 1.04 bits per heavy atom. The zero-order chi connectivity index (χ0) is 16.9. The van der Waals surface area contributed by atoms with Crippen LogP contribution in [0.1, 0.15) is 16.1 Å². The van der Waals surface area contributed by atoms with Crippen molar-refractivity contribution in [3.8, 4) is 11.3 Å². The number of ketones is 1. The van der Waals surface area contributed by atoms with E-state index in [1.807, 2.05) is 43.3 Å². The molecule has 0 radical (unpaired) electrons. The second-order valence-corrected chi connectivity index (χ2v) is 6.18. The highest BCUT2D eigenvalue weighted by Gasteiger charge is 2.13. The van der Waals surface area contributed by atoms with Gasteiger partial charge in [0.15, 0.2) is 10.9 Å². The van der Waals surface area contributed by atoms with Crippen molar-refractivity contribution in [2.24, 2.45) is 0 Å². The van der Waals surface area contributed by atoms with E-state index in [1.165, 1.54) is 23.9 Å². The SMILES string of the molecule is Cc1cc(-c2ccccc2)nc(SCC(=O)c2ccccc2F)n1. The number of carbonyl (C=O) groups is 1. The largest absolute Gasteiger partial charge is 0.293 e. The maximum absolute atomic E-state index is 13.7. The molecule has 2 aromatic carbocycles. The molecule has 120 valence electrons. The van der Waals surface area contributed by atoms with E-state index in [2.05, 4.69) is 9.97 Å². The number of aromatic nitrogens is 2. The van der Waals surface area contributed by atoms with Crippen molar-refractivity contribution in [1.82, 2.24) is 9.97 Å². The van der Waals surface area contributed by atoms with Gasteiger partial charge in [0.05, 0.1) is 17.0 Å². The van der Waals surface area contributed by atoms with Crippen molar-refractivity contribution in [1.29, 1.82) is 0 Å². The highest BCUT2D eigenvalue weighted by atomic mass is 32.2. The predicted molar refractivity (Wildman–Crippen MR) is 93.7 cm³/mol. The molecule has 3 rings (SSSR count). The van der Waals surface area contributed by atoms with E-state index < -0.39 is 5.82 Å². The van der Waals surface area contributed by atoms with E-state index in [4.69, 9.17) is 0 Å². The summed E-state index contributed by atoms with van der Waals surface area (Å²) in [5.41, 5.74) is 2.72. The van der Waals surface area contributed by atoms with Crippen molar-refractivity contribution in [2.75, 3.05) is 5.75 Å². The molecule has 0 aliphatic carbocycles. The molecule has 0 N–H and O–H groups in total.